The van der Waals surface area contributed by atoms with Gasteiger partial charge in [-0.25, -0.2) is 4.98 Å². The van der Waals surface area contributed by atoms with E-state index in [0.29, 0.717) is 11.6 Å². The van der Waals surface area contributed by atoms with Crippen molar-refractivity contribution in [3.8, 4) is 5.69 Å². The lowest BCUT2D eigenvalue weighted by atomic mass is 9.88. The predicted molar refractivity (Wildman–Crippen MR) is 81.0 cm³/mol. The van der Waals surface area contributed by atoms with Gasteiger partial charge < -0.3 is 14.9 Å². The zero-order valence-corrected chi connectivity index (χ0v) is 12.5. The fraction of sp³-hybridized carbons (Fsp3) is 0.400. The van der Waals surface area contributed by atoms with Crippen LogP contribution in [0.3, 0.4) is 0 Å². The zero-order valence-electron chi connectivity index (χ0n) is 11.7. The largest absolute Gasteiger partial charge is 0.768 e. The number of nitrogens with zero attached hydrogens (tertiary/aromatic N) is 2. The summed E-state index contributed by atoms with van der Waals surface area (Å²) in [4.78, 5) is 4.70. The van der Waals surface area contributed by atoms with Crippen LogP contribution >= 0.6 is 0 Å². The van der Waals surface area contributed by atoms with E-state index in [9.17, 15) is 8.76 Å². The highest BCUT2D eigenvalue weighted by Gasteiger charge is 2.21. The third-order valence-electron chi connectivity index (χ3n) is 4.09. The van der Waals surface area contributed by atoms with Crippen molar-refractivity contribution in [1.29, 1.82) is 0 Å². The van der Waals surface area contributed by atoms with Gasteiger partial charge in [-0.1, -0.05) is 19.3 Å². The summed E-state index contributed by atoms with van der Waals surface area (Å²) in [5.74, 6) is 1.49. The van der Waals surface area contributed by atoms with Crippen LogP contribution in [0.15, 0.2) is 35.5 Å². The Morgan fingerprint density at radius 2 is 2.05 bits per heavy atom. The van der Waals surface area contributed by atoms with E-state index < -0.39 is 11.1 Å². The van der Waals surface area contributed by atoms with Crippen molar-refractivity contribution in [3.05, 3.63) is 36.4 Å². The number of aromatic nitrogens is 2. The van der Waals surface area contributed by atoms with Crippen molar-refractivity contribution in [2.24, 2.45) is 0 Å². The molecule has 2 N–H and O–H groups in total. The van der Waals surface area contributed by atoms with Crippen LogP contribution in [0, 0.1) is 0 Å². The van der Waals surface area contributed by atoms with E-state index in [1.165, 1.54) is 25.3 Å². The molecule has 1 aromatic heterocycles. The van der Waals surface area contributed by atoms with Gasteiger partial charge in [0.1, 0.15) is 5.82 Å². The van der Waals surface area contributed by atoms with Crippen molar-refractivity contribution < 1.29 is 8.76 Å². The summed E-state index contributed by atoms with van der Waals surface area (Å²) in [5.41, 5.74) is 7.27. The Hall–Kier alpha value is -1.66. The molecule has 1 heterocycles. The second-order valence-corrected chi connectivity index (χ2v) is 6.39. The summed E-state index contributed by atoms with van der Waals surface area (Å²) in [6.07, 6.45) is 9.75. The van der Waals surface area contributed by atoms with Crippen molar-refractivity contribution in [2.75, 3.05) is 5.73 Å². The van der Waals surface area contributed by atoms with Crippen molar-refractivity contribution in [1.82, 2.24) is 9.55 Å². The second-order valence-electron chi connectivity index (χ2n) is 5.45. The molecule has 0 radical (unpaired) electrons. The molecule has 1 atom stereocenters. The maximum absolute atomic E-state index is 11.0. The van der Waals surface area contributed by atoms with Crippen LogP contribution in [0.4, 0.5) is 5.69 Å². The monoisotopic (exact) mass is 304 g/mol. The minimum Gasteiger partial charge on any atom is -0.768 e. The Morgan fingerprint density at radius 1 is 1.29 bits per heavy atom. The number of nitrogens with two attached hydrogens (primary N) is 1. The summed E-state index contributed by atoms with van der Waals surface area (Å²) >= 11 is -2.26. The molecule has 1 unspecified atom stereocenters. The molecular weight excluding hydrogens is 286 g/mol. The molecule has 21 heavy (non-hydrogen) atoms. The molecule has 2 aromatic rings. The van der Waals surface area contributed by atoms with E-state index in [1.54, 1.807) is 18.3 Å². The molecule has 0 amide bonds. The van der Waals surface area contributed by atoms with E-state index in [4.69, 9.17) is 5.73 Å². The Kier molecular flexibility index (Phi) is 4.07. The average Bonchev–Trinajstić information content (AvgIpc) is 2.97. The smallest absolute Gasteiger partial charge is 0.116 e. The molecule has 0 bridgehead atoms. The molecule has 3 rings (SSSR count). The number of nitrogen functional groups attached to an aromatic ring is 1. The maximum atomic E-state index is 11.0. The minimum atomic E-state index is -2.26. The highest BCUT2D eigenvalue weighted by atomic mass is 32.2. The molecule has 1 saturated carbocycles. The lowest BCUT2D eigenvalue weighted by molar-refractivity contribution is 0.425. The normalized spacial score (nSPS) is 17.8. The van der Waals surface area contributed by atoms with Gasteiger partial charge in [-0.15, -0.1) is 0 Å². The van der Waals surface area contributed by atoms with Crippen LogP contribution in [0.5, 0.6) is 0 Å². The van der Waals surface area contributed by atoms with Gasteiger partial charge in [-0.05, 0) is 42.1 Å². The Morgan fingerprint density at radius 3 is 2.71 bits per heavy atom. The first-order valence-electron chi connectivity index (χ1n) is 7.19. The zero-order chi connectivity index (χ0) is 14.8. The number of imidazole rings is 1. The molecule has 1 aliphatic carbocycles. The third-order valence-corrected chi connectivity index (χ3v) is 4.73. The fourth-order valence-electron chi connectivity index (χ4n) is 3.04. The summed E-state index contributed by atoms with van der Waals surface area (Å²) in [6, 6.07) is 4.80. The SMILES string of the molecule is Nc1cc(S(=O)[O-])ccc1-n1ccnc1C1CCCCC1. The molecule has 1 fully saturated rings. The summed E-state index contributed by atoms with van der Waals surface area (Å²) < 4.78 is 24.0. The van der Waals surface area contributed by atoms with E-state index in [-0.39, 0.29) is 4.90 Å². The van der Waals surface area contributed by atoms with Gasteiger partial charge >= 0.3 is 0 Å². The van der Waals surface area contributed by atoms with Crippen LogP contribution in [0.25, 0.3) is 5.69 Å². The van der Waals surface area contributed by atoms with Gasteiger partial charge in [-0.2, -0.15) is 0 Å². The highest BCUT2D eigenvalue weighted by Crippen LogP contribution is 2.33. The third kappa shape index (κ3) is 2.87. The number of rotatable bonds is 3. The minimum absolute atomic E-state index is 0.204. The lowest BCUT2D eigenvalue weighted by Crippen LogP contribution is -2.12. The molecule has 0 spiro atoms. The van der Waals surface area contributed by atoms with Gasteiger partial charge in [0.2, 0.25) is 0 Å². The van der Waals surface area contributed by atoms with Gasteiger partial charge in [0, 0.05) is 23.2 Å². The van der Waals surface area contributed by atoms with Crippen LogP contribution in [0.1, 0.15) is 43.8 Å². The summed E-state index contributed by atoms with van der Waals surface area (Å²) in [5, 5.41) is 0. The Bertz CT molecular complexity index is 663. The predicted octanol–water partition coefficient (Wildman–Crippen LogP) is 2.74. The molecule has 0 saturated heterocycles. The van der Waals surface area contributed by atoms with Gasteiger partial charge in [-0.3, -0.25) is 4.21 Å². The van der Waals surface area contributed by atoms with Crippen molar-refractivity contribution in [3.63, 3.8) is 0 Å². The quantitative estimate of drug-likeness (QED) is 0.698. The van der Waals surface area contributed by atoms with E-state index in [1.807, 2.05) is 10.8 Å². The van der Waals surface area contributed by atoms with Crippen LogP contribution in [0.2, 0.25) is 0 Å². The highest BCUT2D eigenvalue weighted by molar-refractivity contribution is 7.79. The molecule has 1 aromatic carbocycles. The van der Waals surface area contributed by atoms with Crippen LogP contribution in [-0.2, 0) is 11.1 Å². The van der Waals surface area contributed by atoms with E-state index >= 15 is 0 Å². The first kappa shape index (κ1) is 14.3. The first-order valence-corrected chi connectivity index (χ1v) is 8.26. The lowest BCUT2D eigenvalue weighted by Gasteiger charge is -2.22. The molecular formula is C15H18N3O2S-. The Labute approximate surface area is 126 Å². The van der Waals surface area contributed by atoms with Gasteiger partial charge in [0.05, 0.1) is 11.4 Å². The number of hydrogen-bond donors (Lipinski definition) is 1. The molecule has 0 aliphatic heterocycles. The molecule has 1 aliphatic rings. The molecule has 112 valence electrons. The Balaban J connectivity index is 1.97. The number of anilines is 1. The van der Waals surface area contributed by atoms with Crippen molar-refractivity contribution in [2.45, 2.75) is 42.9 Å². The molecule has 6 heteroatoms. The van der Waals surface area contributed by atoms with E-state index in [0.717, 1.165) is 24.4 Å². The summed E-state index contributed by atoms with van der Waals surface area (Å²) in [7, 11) is 0. The average molecular weight is 304 g/mol. The molecule has 5 nitrogen and oxygen atoms in total. The van der Waals surface area contributed by atoms with Crippen LogP contribution < -0.4 is 5.73 Å². The fourth-order valence-corrected chi connectivity index (χ4v) is 3.44. The number of benzene rings is 1. The maximum Gasteiger partial charge on any atom is 0.116 e. The first-order chi connectivity index (χ1) is 10.2. The van der Waals surface area contributed by atoms with E-state index in [2.05, 4.69) is 4.98 Å². The standard InChI is InChI=1S/C15H19N3O2S/c16-13-10-12(21(19)20)6-7-14(13)18-9-8-17-15(18)11-4-2-1-3-5-11/h6-11H,1-5,16H2,(H,19,20)/p-1. The summed E-state index contributed by atoms with van der Waals surface area (Å²) in [6.45, 7) is 0. The topological polar surface area (TPSA) is 84.0 Å². The van der Waals surface area contributed by atoms with Crippen LogP contribution in [-0.4, -0.2) is 18.3 Å². The van der Waals surface area contributed by atoms with Crippen molar-refractivity contribution >= 4 is 16.8 Å². The van der Waals surface area contributed by atoms with Gasteiger partial charge in [0.15, 0.2) is 0 Å². The second kappa shape index (κ2) is 5.99. The van der Waals surface area contributed by atoms with Gasteiger partial charge in [0.25, 0.3) is 0 Å². The number of hydrogen-bond acceptors (Lipinski definition) is 4.